The van der Waals surface area contributed by atoms with Crippen molar-refractivity contribution in [1.29, 1.82) is 0 Å². The van der Waals surface area contributed by atoms with Gasteiger partial charge >= 0.3 is 0 Å². The molecule has 1 aliphatic rings. The van der Waals surface area contributed by atoms with Gasteiger partial charge in [0.05, 0.1) is 5.92 Å². The molecule has 104 valence electrons. The van der Waals surface area contributed by atoms with Crippen molar-refractivity contribution in [2.24, 2.45) is 17.6 Å². The van der Waals surface area contributed by atoms with Crippen LogP contribution >= 0.6 is 0 Å². The smallest absolute Gasteiger partial charge is 0.229 e. The minimum Gasteiger partial charge on any atom is -0.330 e. The summed E-state index contributed by atoms with van der Waals surface area (Å²) in [7, 11) is 0. The Morgan fingerprint density at radius 3 is 2.74 bits per heavy atom. The van der Waals surface area contributed by atoms with Gasteiger partial charge in [0.25, 0.3) is 0 Å². The number of amides is 1. The summed E-state index contributed by atoms with van der Waals surface area (Å²) < 4.78 is 0. The maximum atomic E-state index is 12.3. The molecule has 3 heteroatoms. The maximum Gasteiger partial charge on any atom is 0.229 e. The first-order valence-electron chi connectivity index (χ1n) is 7.25. The van der Waals surface area contributed by atoms with Gasteiger partial charge in [-0.15, -0.1) is 0 Å². The first kappa shape index (κ1) is 14.1. The molecule has 0 fully saturated rings. The minimum absolute atomic E-state index is 0.0523. The Balaban J connectivity index is 2.17. The van der Waals surface area contributed by atoms with Crippen LogP contribution in [-0.2, 0) is 17.6 Å². The van der Waals surface area contributed by atoms with Gasteiger partial charge in [0.1, 0.15) is 0 Å². The molecule has 0 spiro atoms. The molecule has 0 aromatic heterocycles. The predicted molar refractivity (Wildman–Crippen MR) is 79.1 cm³/mol. The van der Waals surface area contributed by atoms with Crippen LogP contribution < -0.4 is 11.1 Å². The van der Waals surface area contributed by atoms with Crippen molar-refractivity contribution in [2.45, 2.75) is 39.5 Å². The summed E-state index contributed by atoms with van der Waals surface area (Å²) in [6, 6.07) is 6.22. The van der Waals surface area contributed by atoms with Gasteiger partial charge in [-0.25, -0.2) is 0 Å². The average molecular weight is 260 g/mol. The highest BCUT2D eigenvalue weighted by atomic mass is 16.1. The average Bonchev–Trinajstić information content (AvgIpc) is 2.39. The molecule has 1 aromatic rings. The zero-order chi connectivity index (χ0) is 13.8. The quantitative estimate of drug-likeness (QED) is 0.874. The van der Waals surface area contributed by atoms with E-state index in [1.54, 1.807) is 0 Å². The highest BCUT2D eigenvalue weighted by molar-refractivity contribution is 5.93. The monoisotopic (exact) mass is 260 g/mol. The van der Waals surface area contributed by atoms with Crippen LogP contribution in [0.4, 0.5) is 5.69 Å². The lowest BCUT2D eigenvalue weighted by molar-refractivity contribution is -0.120. The molecular formula is C16H24N2O. The number of carbonyl (C=O) groups excluding carboxylic acids is 1. The summed E-state index contributed by atoms with van der Waals surface area (Å²) in [5, 5.41) is 3.08. The summed E-state index contributed by atoms with van der Waals surface area (Å²) in [4.78, 5) is 12.3. The van der Waals surface area contributed by atoms with Gasteiger partial charge < -0.3 is 11.1 Å². The lowest BCUT2D eigenvalue weighted by atomic mass is 9.90. The molecule has 0 heterocycles. The lowest BCUT2D eigenvalue weighted by Crippen LogP contribution is -2.33. The molecule has 1 aromatic carbocycles. The predicted octanol–water partition coefficient (Wildman–Crippen LogP) is 2.73. The van der Waals surface area contributed by atoms with Gasteiger partial charge in [0.15, 0.2) is 0 Å². The summed E-state index contributed by atoms with van der Waals surface area (Å²) in [6.07, 6.45) is 4.66. The molecule has 0 radical (unpaired) electrons. The number of carbonyl (C=O) groups is 1. The van der Waals surface area contributed by atoms with E-state index in [2.05, 4.69) is 11.4 Å². The number of hydrogen-bond acceptors (Lipinski definition) is 2. The lowest BCUT2D eigenvalue weighted by Gasteiger charge is -2.22. The topological polar surface area (TPSA) is 55.1 Å². The molecule has 1 amide bonds. The van der Waals surface area contributed by atoms with Crippen LogP contribution in [0.1, 0.15) is 37.8 Å². The van der Waals surface area contributed by atoms with Crippen LogP contribution in [0.25, 0.3) is 0 Å². The fraction of sp³-hybridized carbons (Fsp3) is 0.562. The molecule has 19 heavy (non-hydrogen) atoms. The van der Waals surface area contributed by atoms with E-state index in [-0.39, 0.29) is 17.7 Å². The zero-order valence-electron chi connectivity index (χ0n) is 11.9. The normalized spacial score (nSPS) is 16.0. The largest absolute Gasteiger partial charge is 0.330 e. The van der Waals surface area contributed by atoms with Crippen molar-refractivity contribution in [3.63, 3.8) is 0 Å². The van der Waals surface area contributed by atoms with Crippen molar-refractivity contribution in [2.75, 3.05) is 11.9 Å². The van der Waals surface area contributed by atoms with E-state index in [1.807, 2.05) is 26.0 Å². The highest BCUT2D eigenvalue weighted by Gasteiger charge is 2.22. The van der Waals surface area contributed by atoms with Crippen molar-refractivity contribution in [3.05, 3.63) is 29.3 Å². The molecule has 1 atom stereocenters. The number of hydrogen-bond donors (Lipinski definition) is 2. The number of benzene rings is 1. The minimum atomic E-state index is -0.112. The number of nitrogens with one attached hydrogen (secondary N) is 1. The maximum absolute atomic E-state index is 12.3. The first-order valence-corrected chi connectivity index (χ1v) is 7.25. The fourth-order valence-corrected chi connectivity index (χ4v) is 2.81. The number of anilines is 1. The van der Waals surface area contributed by atoms with Crippen LogP contribution in [0.5, 0.6) is 0 Å². The third kappa shape index (κ3) is 3.16. The van der Waals surface area contributed by atoms with E-state index in [1.165, 1.54) is 24.0 Å². The van der Waals surface area contributed by atoms with Crippen molar-refractivity contribution in [3.8, 4) is 0 Å². The SMILES string of the molecule is CC(C)C(CN)C(=O)Nc1cccc2c1CCCC2. The van der Waals surface area contributed by atoms with E-state index in [0.29, 0.717) is 6.54 Å². The van der Waals surface area contributed by atoms with Gasteiger partial charge in [0.2, 0.25) is 5.91 Å². The zero-order valence-corrected chi connectivity index (χ0v) is 11.9. The van der Waals surface area contributed by atoms with E-state index in [0.717, 1.165) is 18.5 Å². The fourth-order valence-electron chi connectivity index (χ4n) is 2.81. The third-order valence-corrected chi connectivity index (χ3v) is 4.05. The first-order chi connectivity index (χ1) is 9.13. The molecule has 1 unspecified atom stereocenters. The standard InChI is InChI=1S/C16H24N2O/c1-11(2)14(10-17)16(19)18-15-9-5-7-12-6-3-4-8-13(12)15/h5,7,9,11,14H,3-4,6,8,10,17H2,1-2H3,(H,18,19). The van der Waals surface area contributed by atoms with Gasteiger partial charge in [0, 0.05) is 12.2 Å². The van der Waals surface area contributed by atoms with Crippen LogP contribution in [0.15, 0.2) is 18.2 Å². The molecule has 2 rings (SSSR count). The summed E-state index contributed by atoms with van der Waals surface area (Å²) in [6.45, 7) is 4.48. The van der Waals surface area contributed by atoms with Crippen LogP contribution in [0.2, 0.25) is 0 Å². The highest BCUT2D eigenvalue weighted by Crippen LogP contribution is 2.28. The molecule has 3 nitrogen and oxygen atoms in total. The molecule has 1 aliphatic carbocycles. The van der Waals surface area contributed by atoms with Crippen molar-refractivity contribution < 1.29 is 4.79 Å². The van der Waals surface area contributed by atoms with Gasteiger partial charge in [-0.3, -0.25) is 4.79 Å². The Morgan fingerprint density at radius 2 is 2.05 bits per heavy atom. The van der Waals surface area contributed by atoms with Crippen molar-refractivity contribution in [1.82, 2.24) is 0 Å². The number of rotatable bonds is 4. The number of fused-ring (bicyclic) bond motifs is 1. The number of nitrogens with two attached hydrogens (primary N) is 1. The Hall–Kier alpha value is -1.35. The molecule has 0 saturated carbocycles. The Kier molecular flexibility index (Phi) is 4.59. The van der Waals surface area contributed by atoms with Crippen molar-refractivity contribution >= 4 is 11.6 Å². The van der Waals surface area contributed by atoms with E-state index in [9.17, 15) is 4.79 Å². The third-order valence-electron chi connectivity index (χ3n) is 4.05. The van der Waals surface area contributed by atoms with E-state index in [4.69, 9.17) is 5.73 Å². The molecule has 0 aliphatic heterocycles. The molecule has 3 N–H and O–H groups in total. The van der Waals surface area contributed by atoms with Crippen LogP contribution in [0, 0.1) is 11.8 Å². The Bertz CT molecular complexity index is 454. The van der Waals surface area contributed by atoms with E-state index >= 15 is 0 Å². The van der Waals surface area contributed by atoms with E-state index < -0.39 is 0 Å². The van der Waals surface area contributed by atoms with Gasteiger partial charge in [-0.1, -0.05) is 26.0 Å². The summed E-state index contributed by atoms with van der Waals surface area (Å²) in [5.41, 5.74) is 9.40. The second-order valence-electron chi connectivity index (χ2n) is 5.73. The molecule has 0 saturated heterocycles. The summed E-state index contributed by atoms with van der Waals surface area (Å²) >= 11 is 0. The Labute approximate surface area is 115 Å². The van der Waals surface area contributed by atoms with Gasteiger partial charge in [-0.2, -0.15) is 0 Å². The second-order valence-corrected chi connectivity index (χ2v) is 5.73. The molecule has 0 bridgehead atoms. The summed E-state index contributed by atoms with van der Waals surface area (Å²) in [5.74, 6) is 0.209. The van der Waals surface area contributed by atoms with Crippen LogP contribution in [-0.4, -0.2) is 12.5 Å². The second kappa shape index (κ2) is 6.20. The van der Waals surface area contributed by atoms with Gasteiger partial charge in [-0.05, 0) is 48.8 Å². The molecular weight excluding hydrogens is 236 g/mol. The number of aryl methyl sites for hydroxylation is 1. The Morgan fingerprint density at radius 1 is 1.32 bits per heavy atom. The van der Waals surface area contributed by atoms with Crippen LogP contribution in [0.3, 0.4) is 0 Å².